The number of piperazine rings is 1. The van der Waals surface area contributed by atoms with Crippen LogP contribution in [0, 0.1) is 11.7 Å². The maximum atomic E-state index is 14.4. The summed E-state index contributed by atoms with van der Waals surface area (Å²) >= 11 is 0. The summed E-state index contributed by atoms with van der Waals surface area (Å²) in [5.41, 5.74) is 1.14. The van der Waals surface area contributed by atoms with E-state index < -0.39 is 5.82 Å². The fourth-order valence-electron chi connectivity index (χ4n) is 4.61. The molecule has 6 heteroatoms. The lowest BCUT2D eigenvalue weighted by Crippen LogP contribution is -2.52. The first-order chi connectivity index (χ1) is 14.6. The molecule has 1 saturated heterocycles. The van der Waals surface area contributed by atoms with Gasteiger partial charge in [-0.05, 0) is 41.4 Å². The first-order valence-corrected chi connectivity index (χ1v) is 12.8. The number of hydrogen-bond donors (Lipinski definition) is 1. The number of thiol groups is 1. The molecular weight excluding hydrogens is 399 g/mol. The van der Waals surface area contributed by atoms with Crippen molar-refractivity contribution in [3.05, 3.63) is 58.1 Å². The minimum atomic E-state index is -0.467. The minimum Gasteiger partial charge on any atom is -0.339 e. The highest BCUT2D eigenvalue weighted by Crippen LogP contribution is 2.37. The third-order valence-corrected chi connectivity index (χ3v) is 8.22. The average molecular weight is 431 g/mol. The Labute approximate surface area is 181 Å². The Morgan fingerprint density at radius 2 is 1.57 bits per heavy atom. The van der Waals surface area contributed by atoms with Crippen molar-refractivity contribution in [3.63, 3.8) is 0 Å². The molecule has 0 spiro atoms. The topological polar surface area (TPSA) is 40.6 Å². The van der Waals surface area contributed by atoms with Gasteiger partial charge in [0.1, 0.15) is 5.82 Å². The first-order valence-electron chi connectivity index (χ1n) is 11.1. The van der Waals surface area contributed by atoms with Crippen molar-refractivity contribution in [2.75, 3.05) is 26.2 Å². The summed E-state index contributed by atoms with van der Waals surface area (Å²) in [6, 6.07) is 4.90. The van der Waals surface area contributed by atoms with Crippen molar-refractivity contribution in [3.8, 4) is 0 Å². The zero-order chi connectivity index (χ0) is 20.9. The van der Waals surface area contributed by atoms with E-state index in [4.69, 9.17) is 0 Å². The van der Waals surface area contributed by atoms with Crippen molar-refractivity contribution in [1.82, 2.24) is 9.80 Å². The SMILES string of the molecule is O=C(c1cc(C[SH]2C=CC=C2)ccc1F)N1CCN(C(=O)C2CCCCCC2)CC1. The lowest BCUT2D eigenvalue weighted by molar-refractivity contribution is -0.137. The summed E-state index contributed by atoms with van der Waals surface area (Å²) in [4.78, 5) is 29.5. The monoisotopic (exact) mass is 430 g/mol. The number of nitrogens with zero attached hydrogens (tertiary/aromatic N) is 2. The van der Waals surface area contributed by atoms with E-state index in [9.17, 15) is 14.0 Å². The smallest absolute Gasteiger partial charge is 0.256 e. The average Bonchev–Trinajstić information content (AvgIpc) is 3.13. The fraction of sp³-hybridized carbons (Fsp3) is 0.500. The molecule has 2 amide bonds. The third kappa shape index (κ3) is 4.97. The fourth-order valence-corrected chi connectivity index (χ4v) is 6.18. The van der Waals surface area contributed by atoms with Crippen LogP contribution in [0.2, 0.25) is 0 Å². The van der Waals surface area contributed by atoms with Gasteiger partial charge in [0, 0.05) is 37.8 Å². The second-order valence-electron chi connectivity index (χ2n) is 8.48. The number of benzene rings is 1. The van der Waals surface area contributed by atoms with E-state index in [1.807, 2.05) is 17.1 Å². The molecule has 0 bridgehead atoms. The first kappa shape index (κ1) is 21.2. The van der Waals surface area contributed by atoms with Gasteiger partial charge in [-0.25, -0.2) is 15.3 Å². The van der Waals surface area contributed by atoms with Crippen LogP contribution in [-0.4, -0.2) is 47.8 Å². The molecule has 2 aliphatic heterocycles. The van der Waals surface area contributed by atoms with Crippen LogP contribution in [-0.2, 0) is 10.5 Å². The number of rotatable bonds is 4. The molecule has 1 aromatic carbocycles. The van der Waals surface area contributed by atoms with Gasteiger partial charge in [-0.1, -0.05) is 43.9 Å². The largest absolute Gasteiger partial charge is 0.339 e. The molecule has 0 aromatic heterocycles. The summed E-state index contributed by atoms with van der Waals surface area (Å²) in [5, 5.41) is 4.34. The van der Waals surface area contributed by atoms with Gasteiger partial charge in [0.25, 0.3) is 5.91 Å². The molecule has 30 heavy (non-hydrogen) atoms. The zero-order valence-electron chi connectivity index (χ0n) is 17.4. The van der Waals surface area contributed by atoms with Crippen molar-refractivity contribution < 1.29 is 14.0 Å². The van der Waals surface area contributed by atoms with Crippen LogP contribution >= 0.6 is 10.9 Å². The summed E-state index contributed by atoms with van der Waals surface area (Å²) in [7, 11) is -0.352. The Kier molecular flexibility index (Phi) is 6.93. The van der Waals surface area contributed by atoms with E-state index in [0.29, 0.717) is 26.2 Å². The van der Waals surface area contributed by atoms with E-state index in [1.54, 1.807) is 17.0 Å². The molecule has 0 unspecified atom stereocenters. The number of carbonyl (C=O) groups is 2. The van der Waals surface area contributed by atoms with E-state index in [0.717, 1.165) is 37.0 Å². The van der Waals surface area contributed by atoms with Crippen LogP contribution in [0.1, 0.15) is 54.4 Å². The second kappa shape index (κ2) is 9.82. The van der Waals surface area contributed by atoms with Gasteiger partial charge in [-0.3, -0.25) is 9.59 Å². The molecule has 0 N–H and O–H groups in total. The third-order valence-electron chi connectivity index (χ3n) is 6.38. The summed E-state index contributed by atoms with van der Waals surface area (Å²) in [5.74, 6) is 0.487. The lowest BCUT2D eigenvalue weighted by Gasteiger charge is -2.36. The predicted octanol–water partition coefficient (Wildman–Crippen LogP) is 4.62. The van der Waals surface area contributed by atoms with Crippen molar-refractivity contribution in [2.24, 2.45) is 5.92 Å². The number of allylic oxidation sites excluding steroid dienone is 2. The minimum absolute atomic E-state index is 0.143. The van der Waals surface area contributed by atoms with Crippen LogP contribution in [0.4, 0.5) is 4.39 Å². The van der Waals surface area contributed by atoms with Crippen molar-refractivity contribution in [2.45, 2.75) is 44.3 Å². The van der Waals surface area contributed by atoms with Gasteiger partial charge >= 0.3 is 0 Å². The van der Waals surface area contributed by atoms with Crippen LogP contribution < -0.4 is 0 Å². The van der Waals surface area contributed by atoms with E-state index in [2.05, 4.69) is 10.8 Å². The highest BCUT2D eigenvalue weighted by atomic mass is 32.2. The molecular formula is C24H31FN2O2S. The number of hydrogen-bond acceptors (Lipinski definition) is 2. The number of halogens is 1. The van der Waals surface area contributed by atoms with Crippen LogP contribution in [0.15, 0.2) is 41.2 Å². The van der Waals surface area contributed by atoms with E-state index in [-0.39, 0.29) is 34.2 Å². The highest BCUT2D eigenvalue weighted by molar-refractivity contribution is 8.21. The molecule has 0 atom stereocenters. The highest BCUT2D eigenvalue weighted by Gasteiger charge is 2.30. The molecule has 1 aliphatic carbocycles. The maximum Gasteiger partial charge on any atom is 0.256 e. The lowest BCUT2D eigenvalue weighted by atomic mass is 9.98. The second-order valence-corrected chi connectivity index (χ2v) is 10.4. The van der Waals surface area contributed by atoms with Gasteiger partial charge in [-0.2, -0.15) is 0 Å². The molecule has 2 heterocycles. The molecule has 162 valence electrons. The standard InChI is InChI=1S/C24H31FN2O2S/c25-22-10-9-19(18-30-15-5-6-16-30)17-21(22)24(29)27-13-11-26(12-14-27)23(28)20-7-3-1-2-4-8-20/h5-6,9-10,15-17,20,30H,1-4,7-8,11-14,18H2. The predicted molar refractivity (Wildman–Crippen MR) is 121 cm³/mol. The Bertz CT molecular complexity index is 826. The van der Waals surface area contributed by atoms with E-state index >= 15 is 0 Å². The Morgan fingerprint density at radius 1 is 0.933 bits per heavy atom. The van der Waals surface area contributed by atoms with Gasteiger partial charge in [-0.15, -0.1) is 0 Å². The number of carbonyl (C=O) groups excluding carboxylic acids is 2. The van der Waals surface area contributed by atoms with Crippen LogP contribution in [0.5, 0.6) is 0 Å². The Hall–Kier alpha value is -2.08. The molecule has 1 aromatic rings. The summed E-state index contributed by atoms with van der Waals surface area (Å²) < 4.78 is 14.4. The maximum absolute atomic E-state index is 14.4. The number of amides is 2. The molecule has 4 nitrogen and oxygen atoms in total. The molecule has 1 saturated carbocycles. The molecule has 0 radical (unpaired) electrons. The van der Waals surface area contributed by atoms with Gasteiger partial charge < -0.3 is 9.80 Å². The molecule has 2 fully saturated rings. The van der Waals surface area contributed by atoms with E-state index in [1.165, 1.54) is 18.9 Å². The molecule has 4 rings (SSSR count). The van der Waals surface area contributed by atoms with Crippen LogP contribution in [0.3, 0.4) is 0 Å². The van der Waals surface area contributed by atoms with Crippen molar-refractivity contribution >= 4 is 22.7 Å². The van der Waals surface area contributed by atoms with Gasteiger partial charge in [0.2, 0.25) is 5.91 Å². The summed E-state index contributed by atoms with van der Waals surface area (Å²) in [6.07, 6.45) is 10.8. The van der Waals surface area contributed by atoms with Gasteiger partial charge in [0.15, 0.2) is 0 Å². The van der Waals surface area contributed by atoms with Crippen molar-refractivity contribution in [1.29, 1.82) is 0 Å². The zero-order valence-corrected chi connectivity index (χ0v) is 18.3. The molecule has 3 aliphatic rings. The summed E-state index contributed by atoms with van der Waals surface area (Å²) in [6.45, 7) is 2.03. The normalized spacial score (nSPS) is 21.2. The quantitative estimate of drug-likeness (QED) is 0.559. The Morgan fingerprint density at radius 3 is 2.23 bits per heavy atom. The van der Waals surface area contributed by atoms with Gasteiger partial charge in [0.05, 0.1) is 5.56 Å². The Balaban J connectivity index is 1.36. The van der Waals surface area contributed by atoms with Crippen LogP contribution in [0.25, 0.3) is 0 Å².